The van der Waals surface area contributed by atoms with E-state index in [1.54, 1.807) is 24.3 Å². The first kappa shape index (κ1) is 17.0. The molecule has 0 unspecified atom stereocenters. The second-order valence-corrected chi connectivity index (χ2v) is 5.29. The third-order valence-electron chi connectivity index (χ3n) is 3.44. The van der Waals surface area contributed by atoms with Gasteiger partial charge in [0.15, 0.2) is 0 Å². The molecular weight excluding hydrogens is 332 g/mol. The molecule has 0 atom stereocenters. The summed E-state index contributed by atoms with van der Waals surface area (Å²) in [5, 5.41) is 30.8. The van der Waals surface area contributed by atoms with Crippen LogP contribution in [0.15, 0.2) is 88.0 Å². The molecule has 0 aromatic heterocycles. The van der Waals surface area contributed by atoms with Crippen LogP contribution in [-0.4, -0.2) is 11.1 Å². The van der Waals surface area contributed by atoms with Crippen molar-refractivity contribution in [3.05, 3.63) is 88.5 Å². The second kappa shape index (κ2) is 7.80. The van der Waals surface area contributed by atoms with E-state index in [9.17, 15) is 15.2 Å². The normalized spacial score (nSPS) is 11.2. The van der Waals surface area contributed by atoms with Gasteiger partial charge in [-0.3, -0.25) is 15.1 Å². The van der Waals surface area contributed by atoms with Gasteiger partial charge in [-0.15, -0.1) is 0 Å². The van der Waals surface area contributed by atoms with Crippen molar-refractivity contribution in [1.29, 1.82) is 0 Å². The molecule has 0 N–H and O–H groups in total. The number of hydrogen-bond acceptors (Lipinski definition) is 6. The van der Waals surface area contributed by atoms with E-state index in [1.807, 2.05) is 30.3 Å². The zero-order valence-electron chi connectivity index (χ0n) is 13.5. The molecule has 0 aliphatic rings. The van der Waals surface area contributed by atoms with Gasteiger partial charge in [-0.2, -0.15) is 10.2 Å². The van der Waals surface area contributed by atoms with Crippen molar-refractivity contribution in [3.63, 3.8) is 0 Å². The smallest absolute Gasteiger partial charge is 0.270 e. The van der Waals surface area contributed by atoms with Gasteiger partial charge >= 0.3 is 0 Å². The fourth-order valence-electron chi connectivity index (χ4n) is 2.11. The quantitative estimate of drug-likeness (QED) is 0.286. The van der Waals surface area contributed by atoms with Crippen LogP contribution in [-0.2, 0) is 0 Å². The second-order valence-electron chi connectivity index (χ2n) is 5.29. The molecule has 0 saturated heterocycles. The standard InChI is InChI=1S/C19H14N4O3/c24-19-11-10-18(23(25)26)12-14(19)13-20-15-6-8-17(9-7-15)22-21-16-4-2-1-3-5-16/h1-13,24H/p-1. The van der Waals surface area contributed by atoms with Gasteiger partial charge in [0, 0.05) is 18.3 Å². The van der Waals surface area contributed by atoms with E-state index >= 15 is 0 Å². The van der Waals surface area contributed by atoms with Gasteiger partial charge in [0.05, 0.1) is 22.0 Å². The van der Waals surface area contributed by atoms with Gasteiger partial charge in [0.25, 0.3) is 5.69 Å². The maximum absolute atomic E-state index is 11.7. The molecule has 0 aliphatic carbocycles. The lowest BCUT2D eigenvalue weighted by Gasteiger charge is -2.08. The van der Waals surface area contributed by atoms with Crippen LogP contribution in [0.1, 0.15) is 5.56 Å². The third-order valence-corrected chi connectivity index (χ3v) is 3.44. The minimum atomic E-state index is -0.552. The van der Waals surface area contributed by atoms with Crippen LogP contribution in [0.3, 0.4) is 0 Å². The van der Waals surface area contributed by atoms with Crippen molar-refractivity contribution in [3.8, 4) is 5.75 Å². The van der Waals surface area contributed by atoms with Crippen molar-refractivity contribution in [2.24, 2.45) is 15.2 Å². The van der Waals surface area contributed by atoms with E-state index < -0.39 is 4.92 Å². The minimum absolute atomic E-state index is 0.150. The topological polar surface area (TPSA) is 103 Å². The van der Waals surface area contributed by atoms with E-state index in [-0.39, 0.29) is 17.0 Å². The number of nitro benzene ring substituents is 1. The molecule has 3 aromatic carbocycles. The van der Waals surface area contributed by atoms with Crippen LogP contribution in [0.4, 0.5) is 22.7 Å². The van der Waals surface area contributed by atoms with Crippen LogP contribution >= 0.6 is 0 Å². The van der Waals surface area contributed by atoms with E-state index in [2.05, 4.69) is 15.2 Å². The Labute approximate surface area is 149 Å². The first-order valence-corrected chi connectivity index (χ1v) is 7.68. The summed E-state index contributed by atoms with van der Waals surface area (Å²) in [4.78, 5) is 14.4. The van der Waals surface area contributed by atoms with Crippen LogP contribution in [0.2, 0.25) is 0 Å². The number of azo groups is 1. The molecule has 26 heavy (non-hydrogen) atoms. The van der Waals surface area contributed by atoms with Crippen molar-refractivity contribution in [2.45, 2.75) is 0 Å². The first-order chi connectivity index (χ1) is 12.6. The average Bonchev–Trinajstić information content (AvgIpc) is 2.67. The SMILES string of the molecule is O=[N+]([O-])c1ccc([O-])c(C=Nc2ccc(N=Nc3ccccc3)cc2)c1. The average molecular weight is 345 g/mol. The zero-order chi connectivity index (χ0) is 18.4. The minimum Gasteiger partial charge on any atom is -0.872 e. The van der Waals surface area contributed by atoms with E-state index in [0.717, 1.165) is 11.8 Å². The summed E-state index contributed by atoms with van der Waals surface area (Å²) < 4.78 is 0. The Morgan fingerprint density at radius 3 is 2.08 bits per heavy atom. The van der Waals surface area contributed by atoms with Crippen molar-refractivity contribution in [1.82, 2.24) is 0 Å². The highest BCUT2D eigenvalue weighted by Crippen LogP contribution is 2.23. The predicted molar refractivity (Wildman–Crippen MR) is 96.9 cm³/mol. The Morgan fingerprint density at radius 1 is 0.808 bits per heavy atom. The first-order valence-electron chi connectivity index (χ1n) is 7.68. The maximum Gasteiger partial charge on any atom is 0.270 e. The predicted octanol–water partition coefficient (Wildman–Crippen LogP) is 4.83. The number of nitrogens with zero attached hydrogens (tertiary/aromatic N) is 4. The maximum atomic E-state index is 11.7. The van der Waals surface area contributed by atoms with Gasteiger partial charge in [0.1, 0.15) is 0 Å². The number of hydrogen-bond donors (Lipinski definition) is 0. The molecule has 3 rings (SSSR count). The third kappa shape index (κ3) is 4.35. The summed E-state index contributed by atoms with van der Waals surface area (Å²) in [6.45, 7) is 0. The van der Waals surface area contributed by atoms with Gasteiger partial charge in [-0.1, -0.05) is 30.0 Å². The van der Waals surface area contributed by atoms with Crippen molar-refractivity contribution >= 4 is 29.0 Å². The Balaban J connectivity index is 1.73. The van der Waals surface area contributed by atoms with Crippen LogP contribution in [0.5, 0.6) is 5.75 Å². The highest BCUT2D eigenvalue weighted by atomic mass is 16.6. The Hall–Kier alpha value is -3.87. The van der Waals surface area contributed by atoms with Crippen molar-refractivity contribution in [2.75, 3.05) is 0 Å². The Kier molecular flexibility index (Phi) is 5.09. The molecule has 0 saturated carbocycles. The number of rotatable bonds is 5. The van der Waals surface area contributed by atoms with Crippen LogP contribution in [0.25, 0.3) is 0 Å². The fourth-order valence-corrected chi connectivity index (χ4v) is 2.11. The van der Waals surface area contributed by atoms with E-state index in [4.69, 9.17) is 0 Å². The van der Waals surface area contributed by atoms with Gasteiger partial charge in [-0.25, -0.2) is 0 Å². The van der Waals surface area contributed by atoms with E-state index in [0.29, 0.717) is 11.4 Å². The zero-order valence-corrected chi connectivity index (χ0v) is 13.5. The summed E-state index contributed by atoms with van der Waals surface area (Å²) >= 11 is 0. The molecule has 7 nitrogen and oxygen atoms in total. The molecule has 0 heterocycles. The lowest BCUT2D eigenvalue weighted by atomic mass is 10.2. The molecule has 128 valence electrons. The van der Waals surface area contributed by atoms with E-state index in [1.165, 1.54) is 18.3 Å². The van der Waals surface area contributed by atoms with Gasteiger partial charge < -0.3 is 5.11 Å². The van der Waals surface area contributed by atoms with Crippen molar-refractivity contribution < 1.29 is 10.0 Å². The number of non-ortho nitro benzene ring substituents is 1. The van der Waals surface area contributed by atoms with Crippen LogP contribution in [0, 0.1) is 10.1 Å². The Morgan fingerprint density at radius 2 is 1.42 bits per heavy atom. The number of benzene rings is 3. The molecular formula is C19H13N4O3-. The summed E-state index contributed by atoms with van der Waals surface area (Å²) in [6.07, 6.45) is 1.32. The van der Waals surface area contributed by atoms with Gasteiger partial charge in [0.2, 0.25) is 0 Å². The van der Waals surface area contributed by atoms with Crippen LogP contribution < -0.4 is 5.11 Å². The highest BCUT2D eigenvalue weighted by Gasteiger charge is 2.05. The monoisotopic (exact) mass is 345 g/mol. The number of nitro groups is 1. The Bertz CT molecular complexity index is 968. The summed E-state index contributed by atoms with van der Waals surface area (Å²) in [6, 6.07) is 19.8. The largest absolute Gasteiger partial charge is 0.872 e. The molecule has 0 aliphatic heterocycles. The number of aliphatic imine (C=N–C) groups is 1. The molecule has 0 bridgehead atoms. The highest BCUT2D eigenvalue weighted by molar-refractivity contribution is 5.86. The lowest BCUT2D eigenvalue weighted by Crippen LogP contribution is -1.97. The molecule has 7 heteroatoms. The summed E-state index contributed by atoms with van der Waals surface area (Å²) in [5.74, 6) is -0.326. The fraction of sp³-hybridized carbons (Fsp3) is 0. The summed E-state index contributed by atoms with van der Waals surface area (Å²) in [5.41, 5.74) is 2.01. The van der Waals surface area contributed by atoms with Gasteiger partial charge in [-0.05, 0) is 42.0 Å². The molecule has 0 fully saturated rings. The molecule has 0 amide bonds. The molecule has 3 aromatic rings. The molecule has 0 spiro atoms. The summed E-state index contributed by atoms with van der Waals surface area (Å²) in [7, 11) is 0. The molecule has 0 radical (unpaired) electrons. The lowest BCUT2D eigenvalue weighted by molar-refractivity contribution is -0.385.